The van der Waals surface area contributed by atoms with Crippen molar-refractivity contribution in [2.24, 2.45) is 0 Å². The molecule has 0 spiro atoms. The van der Waals surface area contributed by atoms with Crippen molar-refractivity contribution in [2.45, 2.75) is 121 Å². The molecule has 0 amide bonds. The second-order valence-electron chi connectivity index (χ2n) is 8.12. The Morgan fingerprint density at radius 2 is 1.04 bits per heavy atom. The summed E-state index contributed by atoms with van der Waals surface area (Å²) in [6, 6.07) is 6.60. The summed E-state index contributed by atoms with van der Waals surface area (Å²) in [5, 5.41) is 0. The molecule has 162 valence electrons. The van der Waals surface area contributed by atoms with E-state index in [1.807, 2.05) is 0 Å². The van der Waals surface area contributed by atoms with Crippen molar-refractivity contribution >= 4 is 10.1 Å². The van der Waals surface area contributed by atoms with Gasteiger partial charge < -0.3 is 4.55 Å². The third kappa shape index (κ3) is 12.6. The van der Waals surface area contributed by atoms with Gasteiger partial charge in [0.05, 0.1) is 4.90 Å². The highest BCUT2D eigenvalue weighted by atomic mass is 32.2. The van der Waals surface area contributed by atoms with Crippen molar-refractivity contribution in [1.82, 2.24) is 0 Å². The van der Waals surface area contributed by atoms with Gasteiger partial charge in [-0.15, -0.1) is 0 Å². The first-order valence-corrected chi connectivity index (χ1v) is 13.0. The molecule has 0 saturated heterocycles. The summed E-state index contributed by atoms with van der Waals surface area (Å²) >= 11 is 0. The van der Waals surface area contributed by atoms with Crippen LogP contribution >= 0.6 is 0 Å². The normalized spacial score (nSPS) is 11.8. The van der Waals surface area contributed by atoms with Crippen molar-refractivity contribution < 1.29 is 13.0 Å². The minimum Gasteiger partial charge on any atom is -0.744 e. The number of benzene rings is 1. The summed E-state index contributed by atoms with van der Waals surface area (Å²) < 4.78 is 33.8. The molecule has 0 radical (unpaired) electrons. The van der Waals surface area contributed by atoms with Crippen LogP contribution in [0.5, 0.6) is 0 Å². The number of hydrogen-bond acceptors (Lipinski definition) is 3. The lowest BCUT2D eigenvalue weighted by molar-refractivity contribution is 0.461. The summed E-state index contributed by atoms with van der Waals surface area (Å²) in [5.74, 6) is 0. The quantitative estimate of drug-likeness (QED) is 0.187. The van der Waals surface area contributed by atoms with Crippen LogP contribution in [0.4, 0.5) is 0 Å². The van der Waals surface area contributed by atoms with E-state index in [4.69, 9.17) is 0 Å². The number of rotatable bonds is 18. The molecule has 0 saturated carbocycles. The highest BCUT2D eigenvalue weighted by Crippen LogP contribution is 2.18. The predicted octanol–water partition coefficient (Wildman–Crippen LogP) is 7.39. The number of aryl methyl sites for hydroxylation is 1. The Kier molecular flexibility index (Phi) is 14.4. The Morgan fingerprint density at radius 1 is 0.643 bits per heavy atom. The molecule has 1 aromatic carbocycles. The molecule has 28 heavy (non-hydrogen) atoms. The maximum Gasteiger partial charge on any atom is 0.124 e. The Bertz CT molecular complexity index is 596. The first-order valence-electron chi connectivity index (χ1n) is 11.6. The van der Waals surface area contributed by atoms with E-state index in [1.165, 1.54) is 96.0 Å². The lowest BCUT2D eigenvalue weighted by Crippen LogP contribution is -2.03. The van der Waals surface area contributed by atoms with Crippen LogP contribution in [0.2, 0.25) is 0 Å². The van der Waals surface area contributed by atoms with Gasteiger partial charge in [-0.2, -0.15) is 0 Å². The van der Waals surface area contributed by atoms with Gasteiger partial charge in [-0.25, -0.2) is 8.42 Å². The van der Waals surface area contributed by atoms with Gasteiger partial charge in [-0.05, 0) is 24.5 Å². The molecule has 1 aromatic rings. The predicted molar refractivity (Wildman–Crippen MR) is 118 cm³/mol. The zero-order valence-electron chi connectivity index (χ0n) is 18.0. The molecule has 0 aliphatic heterocycles. The van der Waals surface area contributed by atoms with Gasteiger partial charge in [0.2, 0.25) is 0 Å². The molecule has 0 aliphatic carbocycles. The van der Waals surface area contributed by atoms with E-state index >= 15 is 0 Å². The fourth-order valence-electron chi connectivity index (χ4n) is 3.82. The average Bonchev–Trinajstić information content (AvgIpc) is 2.67. The molecule has 0 unspecified atom stereocenters. The summed E-state index contributed by atoms with van der Waals surface area (Å²) in [7, 11) is -4.36. The fraction of sp³-hybridized carbons (Fsp3) is 0.750. The van der Waals surface area contributed by atoms with E-state index in [0.29, 0.717) is 12.0 Å². The van der Waals surface area contributed by atoms with Crippen LogP contribution in [0.1, 0.15) is 115 Å². The Morgan fingerprint density at radius 3 is 1.46 bits per heavy atom. The molecule has 0 N–H and O–H groups in total. The average molecular weight is 410 g/mol. The molecule has 0 aromatic heterocycles. The minimum absolute atomic E-state index is 0.0454. The summed E-state index contributed by atoms with van der Waals surface area (Å²) in [4.78, 5) is -0.0454. The zero-order valence-corrected chi connectivity index (χ0v) is 18.8. The van der Waals surface area contributed by atoms with Gasteiger partial charge in [0.1, 0.15) is 10.1 Å². The van der Waals surface area contributed by atoms with Crippen molar-refractivity contribution in [3.05, 3.63) is 29.8 Å². The molecule has 3 nitrogen and oxygen atoms in total. The van der Waals surface area contributed by atoms with Crippen molar-refractivity contribution in [3.8, 4) is 0 Å². The van der Waals surface area contributed by atoms with Crippen LogP contribution in [-0.4, -0.2) is 13.0 Å². The second-order valence-corrected chi connectivity index (χ2v) is 9.46. The van der Waals surface area contributed by atoms with Crippen molar-refractivity contribution in [3.63, 3.8) is 0 Å². The first kappa shape index (κ1) is 25.2. The van der Waals surface area contributed by atoms with E-state index in [1.54, 1.807) is 18.2 Å². The molecule has 4 heteroatoms. The Hall–Kier alpha value is -0.870. The van der Waals surface area contributed by atoms with Crippen LogP contribution in [-0.2, 0) is 16.5 Å². The van der Waals surface area contributed by atoms with Crippen LogP contribution in [0.25, 0.3) is 0 Å². The highest BCUT2D eigenvalue weighted by molar-refractivity contribution is 7.85. The lowest BCUT2D eigenvalue weighted by atomic mass is 10.0. The van der Waals surface area contributed by atoms with Gasteiger partial charge in [0, 0.05) is 0 Å². The Labute approximate surface area is 174 Å². The van der Waals surface area contributed by atoms with Gasteiger partial charge in [-0.3, -0.25) is 0 Å². The molecular weight excluding hydrogens is 368 g/mol. The summed E-state index contributed by atoms with van der Waals surface area (Å²) in [6.45, 7) is 2.27. The van der Waals surface area contributed by atoms with E-state index in [-0.39, 0.29) is 4.90 Å². The molecule has 0 heterocycles. The van der Waals surface area contributed by atoms with Gasteiger partial charge in [0.15, 0.2) is 0 Å². The third-order valence-electron chi connectivity index (χ3n) is 5.54. The van der Waals surface area contributed by atoms with E-state index in [2.05, 4.69) is 6.92 Å². The molecule has 0 aliphatic rings. The maximum absolute atomic E-state index is 11.3. The van der Waals surface area contributed by atoms with Crippen LogP contribution in [0.3, 0.4) is 0 Å². The minimum atomic E-state index is -4.36. The van der Waals surface area contributed by atoms with E-state index in [9.17, 15) is 13.0 Å². The van der Waals surface area contributed by atoms with Crippen molar-refractivity contribution in [1.29, 1.82) is 0 Å². The Balaban J connectivity index is 1.91. The summed E-state index contributed by atoms with van der Waals surface area (Å²) in [5.41, 5.74) is 0.669. The molecule has 0 fully saturated rings. The smallest absolute Gasteiger partial charge is 0.124 e. The van der Waals surface area contributed by atoms with Crippen LogP contribution < -0.4 is 0 Å². The molecular formula is C24H41O3S-. The van der Waals surface area contributed by atoms with Crippen molar-refractivity contribution in [2.75, 3.05) is 0 Å². The topological polar surface area (TPSA) is 57.2 Å². The van der Waals surface area contributed by atoms with Crippen LogP contribution in [0.15, 0.2) is 29.2 Å². The largest absolute Gasteiger partial charge is 0.744 e. The summed E-state index contributed by atoms with van der Waals surface area (Å²) in [6.07, 6.45) is 21.8. The molecule has 0 atom stereocenters. The highest BCUT2D eigenvalue weighted by Gasteiger charge is 2.07. The van der Waals surface area contributed by atoms with Gasteiger partial charge in [-0.1, -0.05) is 121 Å². The SMILES string of the molecule is CCCCCCCCCCCCCCCCCCc1ccccc1S(=O)(=O)[O-]. The van der Waals surface area contributed by atoms with Gasteiger partial charge >= 0.3 is 0 Å². The lowest BCUT2D eigenvalue weighted by Gasteiger charge is -2.12. The molecule has 1 rings (SSSR count). The van der Waals surface area contributed by atoms with Crippen LogP contribution in [0, 0.1) is 0 Å². The fourth-order valence-corrected chi connectivity index (χ4v) is 4.55. The second kappa shape index (κ2) is 16.0. The molecule has 0 bridgehead atoms. The van der Waals surface area contributed by atoms with Gasteiger partial charge in [0.25, 0.3) is 0 Å². The first-order chi connectivity index (χ1) is 13.6. The number of unbranched alkanes of at least 4 members (excludes halogenated alkanes) is 15. The monoisotopic (exact) mass is 409 g/mol. The standard InChI is InChI=1S/C24H42O3S/c1-2-3-4-5-6-7-8-9-10-11-12-13-14-15-16-17-20-23-21-18-19-22-24(23)28(25,26)27/h18-19,21-22H,2-17,20H2,1H3,(H,25,26,27)/p-1. The van der Waals surface area contributed by atoms with E-state index < -0.39 is 10.1 Å². The number of hydrogen-bond donors (Lipinski definition) is 0. The third-order valence-corrected chi connectivity index (χ3v) is 6.48. The zero-order chi connectivity index (χ0) is 20.5. The maximum atomic E-state index is 11.3. The van der Waals surface area contributed by atoms with E-state index in [0.717, 1.165) is 12.8 Å².